The number of fused-ring (bicyclic) bond motifs is 2. The van der Waals surface area contributed by atoms with Crippen molar-refractivity contribution in [1.82, 2.24) is 10.2 Å². The van der Waals surface area contributed by atoms with Gasteiger partial charge in [-0.3, -0.25) is 4.79 Å². The van der Waals surface area contributed by atoms with Gasteiger partial charge in [0, 0.05) is 31.6 Å². The average Bonchev–Trinajstić information content (AvgIpc) is 2.96. The summed E-state index contributed by atoms with van der Waals surface area (Å²) in [4.78, 5) is 14.6. The van der Waals surface area contributed by atoms with E-state index in [1.165, 1.54) is 32.1 Å². The molecule has 3 fully saturated rings. The lowest BCUT2D eigenvalue weighted by Gasteiger charge is -2.30. The smallest absolute Gasteiger partial charge is 0.222 e. The zero-order chi connectivity index (χ0) is 13.4. The predicted molar refractivity (Wildman–Crippen MR) is 84.1 cm³/mol. The average molecular weight is 301 g/mol. The minimum absolute atomic E-state index is 0. The molecule has 3 aliphatic rings. The number of nitrogens with zero attached hydrogens (tertiary/aromatic N) is 1. The minimum atomic E-state index is 0. The van der Waals surface area contributed by atoms with E-state index in [4.69, 9.17) is 0 Å². The third kappa shape index (κ3) is 3.48. The standard InChI is InChI=1S/C16H28N2O.ClH/c1-11(2)13-5-6-18(10-13)16(19)9-12-7-14-3-4-15(8-12)17-14;/h11-15,17H,3-10H2,1-2H3;1H. The maximum absolute atomic E-state index is 12.4. The van der Waals surface area contributed by atoms with Crippen LogP contribution in [-0.4, -0.2) is 36.0 Å². The van der Waals surface area contributed by atoms with Crippen molar-refractivity contribution >= 4 is 18.3 Å². The van der Waals surface area contributed by atoms with Crippen molar-refractivity contribution < 1.29 is 4.79 Å². The number of likely N-dealkylation sites (tertiary alicyclic amines) is 1. The number of halogens is 1. The Kier molecular flexibility index (Phi) is 5.36. The lowest BCUT2D eigenvalue weighted by atomic mass is 9.89. The molecule has 1 N–H and O–H groups in total. The first-order valence-corrected chi connectivity index (χ1v) is 8.15. The van der Waals surface area contributed by atoms with Gasteiger partial charge in [0.25, 0.3) is 0 Å². The first-order chi connectivity index (χ1) is 9.11. The SMILES string of the molecule is CC(C)C1CCN(C(=O)CC2CC3CCC(C2)N3)C1.Cl. The van der Waals surface area contributed by atoms with Crippen molar-refractivity contribution in [3.05, 3.63) is 0 Å². The highest BCUT2D eigenvalue weighted by Crippen LogP contribution is 2.33. The number of carbonyl (C=O) groups excluding carboxylic acids is 1. The van der Waals surface area contributed by atoms with Crippen molar-refractivity contribution in [3.8, 4) is 0 Å². The lowest BCUT2D eigenvalue weighted by Crippen LogP contribution is -2.40. The van der Waals surface area contributed by atoms with E-state index < -0.39 is 0 Å². The molecule has 20 heavy (non-hydrogen) atoms. The summed E-state index contributed by atoms with van der Waals surface area (Å²) in [7, 11) is 0. The van der Waals surface area contributed by atoms with Gasteiger partial charge in [0.1, 0.15) is 0 Å². The fraction of sp³-hybridized carbons (Fsp3) is 0.938. The van der Waals surface area contributed by atoms with E-state index in [2.05, 4.69) is 24.1 Å². The van der Waals surface area contributed by atoms with E-state index in [0.29, 0.717) is 29.8 Å². The minimum Gasteiger partial charge on any atom is -0.342 e. The molecule has 2 bridgehead atoms. The maximum Gasteiger partial charge on any atom is 0.222 e. The van der Waals surface area contributed by atoms with Crippen LogP contribution in [0, 0.1) is 17.8 Å². The van der Waals surface area contributed by atoms with E-state index in [-0.39, 0.29) is 12.4 Å². The number of piperidine rings is 1. The molecule has 0 aromatic carbocycles. The van der Waals surface area contributed by atoms with Gasteiger partial charge < -0.3 is 10.2 Å². The van der Waals surface area contributed by atoms with Crippen LogP contribution in [0.3, 0.4) is 0 Å². The number of hydrogen-bond acceptors (Lipinski definition) is 2. The Morgan fingerprint density at radius 3 is 2.40 bits per heavy atom. The summed E-state index contributed by atoms with van der Waals surface area (Å²) < 4.78 is 0. The zero-order valence-corrected chi connectivity index (χ0v) is 13.6. The largest absolute Gasteiger partial charge is 0.342 e. The number of carbonyl (C=O) groups is 1. The van der Waals surface area contributed by atoms with Crippen LogP contribution in [0.2, 0.25) is 0 Å². The number of hydrogen-bond donors (Lipinski definition) is 1. The van der Waals surface area contributed by atoms with Crippen molar-refractivity contribution in [1.29, 1.82) is 0 Å². The van der Waals surface area contributed by atoms with Crippen molar-refractivity contribution in [3.63, 3.8) is 0 Å². The van der Waals surface area contributed by atoms with Crippen LogP contribution >= 0.6 is 12.4 Å². The molecule has 3 saturated heterocycles. The second-order valence-corrected chi connectivity index (χ2v) is 7.31. The molecule has 0 aromatic rings. The molecule has 0 spiro atoms. The van der Waals surface area contributed by atoms with Crippen LogP contribution in [0.15, 0.2) is 0 Å². The molecule has 3 unspecified atom stereocenters. The van der Waals surface area contributed by atoms with Crippen LogP contribution in [0.4, 0.5) is 0 Å². The maximum atomic E-state index is 12.4. The monoisotopic (exact) mass is 300 g/mol. The molecule has 3 atom stereocenters. The second-order valence-electron chi connectivity index (χ2n) is 7.31. The van der Waals surface area contributed by atoms with Gasteiger partial charge in [0.2, 0.25) is 5.91 Å². The molecule has 0 aromatic heterocycles. The van der Waals surface area contributed by atoms with E-state index >= 15 is 0 Å². The van der Waals surface area contributed by atoms with E-state index in [1.807, 2.05) is 0 Å². The Bertz CT molecular complexity index is 335. The second kappa shape index (κ2) is 6.65. The van der Waals surface area contributed by atoms with Gasteiger partial charge in [-0.25, -0.2) is 0 Å². The summed E-state index contributed by atoms with van der Waals surface area (Å²) in [6, 6.07) is 1.41. The number of amides is 1. The molecule has 3 heterocycles. The molecular weight excluding hydrogens is 272 g/mol. The molecule has 116 valence electrons. The van der Waals surface area contributed by atoms with Crippen LogP contribution in [0.1, 0.15) is 52.4 Å². The number of rotatable bonds is 3. The van der Waals surface area contributed by atoms with Crippen LogP contribution in [0.5, 0.6) is 0 Å². The quantitative estimate of drug-likeness (QED) is 0.869. The van der Waals surface area contributed by atoms with Gasteiger partial charge in [-0.1, -0.05) is 13.8 Å². The molecule has 1 amide bonds. The Morgan fingerprint density at radius 1 is 1.20 bits per heavy atom. The lowest BCUT2D eigenvalue weighted by molar-refractivity contribution is -0.131. The molecule has 3 aliphatic heterocycles. The summed E-state index contributed by atoms with van der Waals surface area (Å²) in [5.41, 5.74) is 0. The van der Waals surface area contributed by atoms with E-state index in [1.54, 1.807) is 0 Å². The normalized spacial score (nSPS) is 36.2. The Balaban J connectivity index is 0.00000147. The molecule has 3 rings (SSSR count). The van der Waals surface area contributed by atoms with Gasteiger partial charge >= 0.3 is 0 Å². The highest BCUT2D eigenvalue weighted by Gasteiger charge is 2.36. The molecule has 0 radical (unpaired) electrons. The van der Waals surface area contributed by atoms with Crippen LogP contribution in [0.25, 0.3) is 0 Å². The molecule has 4 heteroatoms. The third-order valence-electron chi connectivity index (χ3n) is 5.55. The van der Waals surface area contributed by atoms with Crippen molar-refractivity contribution in [2.24, 2.45) is 17.8 Å². The zero-order valence-electron chi connectivity index (χ0n) is 12.8. The van der Waals surface area contributed by atoms with Gasteiger partial charge in [0.05, 0.1) is 0 Å². The summed E-state index contributed by atoms with van der Waals surface area (Å²) in [6.45, 7) is 6.57. The summed E-state index contributed by atoms with van der Waals surface area (Å²) in [6.07, 6.45) is 7.12. The van der Waals surface area contributed by atoms with Gasteiger partial charge in [-0.05, 0) is 49.9 Å². The van der Waals surface area contributed by atoms with Crippen LogP contribution < -0.4 is 5.32 Å². The van der Waals surface area contributed by atoms with Gasteiger partial charge in [-0.2, -0.15) is 0 Å². The molecule has 0 saturated carbocycles. The fourth-order valence-corrected chi connectivity index (χ4v) is 4.28. The summed E-state index contributed by atoms with van der Waals surface area (Å²) in [5.74, 6) is 2.51. The summed E-state index contributed by atoms with van der Waals surface area (Å²) >= 11 is 0. The van der Waals surface area contributed by atoms with E-state index in [0.717, 1.165) is 25.4 Å². The Morgan fingerprint density at radius 2 is 1.85 bits per heavy atom. The van der Waals surface area contributed by atoms with Crippen molar-refractivity contribution in [2.75, 3.05) is 13.1 Å². The fourth-order valence-electron chi connectivity index (χ4n) is 4.28. The molecule has 0 aliphatic carbocycles. The highest BCUT2D eigenvalue weighted by atomic mass is 35.5. The number of nitrogens with one attached hydrogen (secondary N) is 1. The topological polar surface area (TPSA) is 32.3 Å². The highest BCUT2D eigenvalue weighted by molar-refractivity contribution is 5.85. The first kappa shape index (κ1) is 16.1. The Labute approximate surface area is 129 Å². The summed E-state index contributed by atoms with van der Waals surface area (Å²) in [5, 5.41) is 3.66. The van der Waals surface area contributed by atoms with Gasteiger partial charge in [-0.15, -0.1) is 12.4 Å². The molecular formula is C16H29ClN2O. The Hall–Kier alpha value is -0.280. The van der Waals surface area contributed by atoms with E-state index in [9.17, 15) is 4.79 Å². The molecule has 3 nitrogen and oxygen atoms in total. The predicted octanol–water partition coefficient (Wildman–Crippen LogP) is 2.83. The van der Waals surface area contributed by atoms with Gasteiger partial charge in [0.15, 0.2) is 0 Å². The first-order valence-electron chi connectivity index (χ1n) is 8.15. The third-order valence-corrected chi connectivity index (χ3v) is 5.55. The van der Waals surface area contributed by atoms with Crippen molar-refractivity contribution in [2.45, 2.75) is 64.5 Å². The van der Waals surface area contributed by atoms with Crippen LogP contribution in [-0.2, 0) is 4.79 Å².